The number of hydrogen-bond acceptors (Lipinski definition) is 1. The largest absolute Gasteiger partial charge is 0.338 e. The third-order valence-electron chi connectivity index (χ3n) is 3.85. The molecule has 2 aromatic rings. The predicted molar refractivity (Wildman–Crippen MR) is 81.2 cm³/mol. The van der Waals surface area contributed by atoms with Crippen LogP contribution < -0.4 is 0 Å². The first-order chi connectivity index (χ1) is 9.75. The van der Waals surface area contributed by atoms with Gasteiger partial charge in [0.15, 0.2) is 0 Å². The van der Waals surface area contributed by atoms with Crippen LogP contribution in [0, 0.1) is 0 Å². The van der Waals surface area contributed by atoms with Crippen LogP contribution in [0.15, 0.2) is 54.6 Å². The lowest BCUT2D eigenvalue weighted by molar-refractivity contribution is 0.0791. The zero-order valence-electron chi connectivity index (χ0n) is 11.1. The molecule has 1 saturated heterocycles. The molecule has 3 heteroatoms. The average Bonchev–Trinajstić information content (AvgIpc) is 2.98. The fraction of sp³-hybridized carbons (Fsp3) is 0.235. The van der Waals surface area contributed by atoms with Crippen molar-refractivity contribution in [3.8, 4) is 0 Å². The SMILES string of the molecule is O=C(c1ccccc1Cl)N1CC[C@H](c2ccccc2)C1. The van der Waals surface area contributed by atoms with Crippen LogP contribution in [-0.2, 0) is 0 Å². The van der Waals surface area contributed by atoms with Crippen molar-refractivity contribution in [1.82, 2.24) is 4.90 Å². The third kappa shape index (κ3) is 2.56. The molecule has 3 rings (SSSR count). The van der Waals surface area contributed by atoms with E-state index in [4.69, 9.17) is 11.6 Å². The van der Waals surface area contributed by atoms with Crippen molar-refractivity contribution in [3.05, 3.63) is 70.7 Å². The molecular formula is C17H16ClNO. The molecule has 1 heterocycles. The van der Waals surface area contributed by atoms with Gasteiger partial charge < -0.3 is 4.90 Å². The van der Waals surface area contributed by atoms with E-state index in [0.717, 1.165) is 19.5 Å². The quantitative estimate of drug-likeness (QED) is 0.817. The van der Waals surface area contributed by atoms with E-state index >= 15 is 0 Å². The van der Waals surface area contributed by atoms with Gasteiger partial charge in [0.2, 0.25) is 0 Å². The Bertz CT molecular complexity index is 611. The van der Waals surface area contributed by atoms with Crippen LogP contribution in [0.1, 0.15) is 28.3 Å². The molecule has 0 radical (unpaired) electrons. The molecule has 0 spiro atoms. The summed E-state index contributed by atoms with van der Waals surface area (Å²) in [7, 11) is 0. The van der Waals surface area contributed by atoms with Crippen LogP contribution in [0.5, 0.6) is 0 Å². The number of nitrogens with zero attached hydrogens (tertiary/aromatic N) is 1. The minimum absolute atomic E-state index is 0.0361. The molecule has 0 N–H and O–H groups in total. The zero-order chi connectivity index (χ0) is 13.9. The van der Waals surface area contributed by atoms with Crippen LogP contribution in [0.4, 0.5) is 0 Å². The van der Waals surface area contributed by atoms with Crippen molar-refractivity contribution in [2.24, 2.45) is 0 Å². The molecule has 2 nitrogen and oxygen atoms in total. The second kappa shape index (κ2) is 5.68. The van der Waals surface area contributed by atoms with Gasteiger partial charge in [0.25, 0.3) is 5.91 Å². The van der Waals surface area contributed by atoms with Gasteiger partial charge in [-0.25, -0.2) is 0 Å². The normalized spacial score (nSPS) is 18.2. The van der Waals surface area contributed by atoms with Gasteiger partial charge in [-0.1, -0.05) is 54.1 Å². The van der Waals surface area contributed by atoms with E-state index in [2.05, 4.69) is 12.1 Å². The van der Waals surface area contributed by atoms with E-state index in [1.165, 1.54) is 5.56 Å². The van der Waals surface area contributed by atoms with E-state index in [1.807, 2.05) is 35.2 Å². The molecule has 1 amide bonds. The zero-order valence-corrected chi connectivity index (χ0v) is 11.9. The summed E-state index contributed by atoms with van der Waals surface area (Å²) in [6.45, 7) is 1.57. The minimum Gasteiger partial charge on any atom is -0.338 e. The number of likely N-dealkylation sites (tertiary alicyclic amines) is 1. The molecule has 0 aliphatic carbocycles. The average molecular weight is 286 g/mol. The van der Waals surface area contributed by atoms with Gasteiger partial charge in [-0.3, -0.25) is 4.79 Å². The van der Waals surface area contributed by atoms with E-state index in [0.29, 0.717) is 16.5 Å². The predicted octanol–water partition coefficient (Wildman–Crippen LogP) is 3.97. The Kier molecular flexibility index (Phi) is 3.75. The minimum atomic E-state index is 0.0361. The lowest BCUT2D eigenvalue weighted by atomic mass is 9.99. The van der Waals surface area contributed by atoms with Crippen LogP contribution in [0.2, 0.25) is 5.02 Å². The van der Waals surface area contributed by atoms with Gasteiger partial charge in [0.1, 0.15) is 0 Å². The molecule has 1 atom stereocenters. The van der Waals surface area contributed by atoms with Crippen molar-refractivity contribution >= 4 is 17.5 Å². The van der Waals surface area contributed by atoms with Gasteiger partial charge >= 0.3 is 0 Å². The molecule has 1 fully saturated rings. The topological polar surface area (TPSA) is 20.3 Å². The molecule has 0 saturated carbocycles. The highest BCUT2D eigenvalue weighted by Crippen LogP contribution is 2.29. The molecule has 1 aliphatic rings. The molecule has 102 valence electrons. The summed E-state index contributed by atoms with van der Waals surface area (Å²) in [5, 5.41) is 0.528. The number of benzene rings is 2. The van der Waals surface area contributed by atoms with Crippen molar-refractivity contribution in [3.63, 3.8) is 0 Å². The number of carbonyl (C=O) groups is 1. The lowest BCUT2D eigenvalue weighted by Crippen LogP contribution is -2.28. The van der Waals surface area contributed by atoms with Crippen LogP contribution in [-0.4, -0.2) is 23.9 Å². The summed E-state index contributed by atoms with van der Waals surface area (Å²) >= 11 is 6.10. The Morgan fingerprint density at radius 1 is 1.05 bits per heavy atom. The second-order valence-electron chi connectivity index (χ2n) is 5.13. The maximum absolute atomic E-state index is 12.5. The molecule has 2 aromatic carbocycles. The monoisotopic (exact) mass is 285 g/mol. The Balaban J connectivity index is 1.75. The van der Waals surface area contributed by atoms with E-state index < -0.39 is 0 Å². The molecule has 20 heavy (non-hydrogen) atoms. The summed E-state index contributed by atoms with van der Waals surface area (Å²) in [6.07, 6.45) is 1.01. The fourth-order valence-corrected chi connectivity index (χ4v) is 2.96. The third-order valence-corrected chi connectivity index (χ3v) is 4.18. The smallest absolute Gasteiger partial charge is 0.255 e. The van der Waals surface area contributed by atoms with Gasteiger partial charge in [-0.05, 0) is 24.1 Å². The molecular weight excluding hydrogens is 270 g/mol. The fourth-order valence-electron chi connectivity index (χ4n) is 2.75. The summed E-state index contributed by atoms with van der Waals surface area (Å²) in [4.78, 5) is 14.4. The summed E-state index contributed by atoms with van der Waals surface area (Å²) in [6, 6.07) is 17.6. The van der Waals surface area contributed by atoms with Crippen molar-refractivity contribution < 1.29 is 4.79 Å². The molecule has 1 aliphatic heterocycles. The molecule has 0 unspecified atom stereocenters. The maximum atomic E-state index is 12.5. The Morgan fingerprint density at radius 2 is 1.75 bits per heavy atom. The van der Waals surface area contributed by atoms with E-state index in [9.17, 15) is 4.79 Å². The highest BCUT2D eigenvalue weighted by Gasteiger charge is 2.28. The number of hydrogen-bond donors (Lipinski definition) is 0. The maximum Gasteiger partial charge on any atom is 0.255 e. The number of rotatable bonds is 2. The first-order valence-corrected chi connectivity index (χ1v) is 7.22. The first-order valence-electron chi connectivity index (χ1n) is 6.84. The van der Waals surface area contributed by atoms with Gasteiger partial charge in [-0.2, -0.15) is 0 Å². The van der Waals surface area contributed by atoms with Crippen LogP contribution in [0.25, 0.3) is 0 Å². The summed E-state index contributed by atoms with van der Waals surface area (Å²) in [5.74, 6) is 0.469. The van der Waals surface area contributed by atoms with E-state index in [-0.39, 0.29) is 5.91 Å². The lowest BCUT2D eigenvalue weighted by Gasteiger charge is -2.17. The summed E-state index contributed by atoms with van der Waals surface area (Å²) in [5.41, 5.74) is 1.91. The number of amides is 1. The Morgan fingerprint density at radius 3 is 2.50 bits per heavy atom. The Hall–Kier alpha value is -1.80. The standard InChI is InChI=1S/C17H16ClNO/c18-16-9-5-4-8-15(16)17(20)19-11-10-14(12-19)13-6-2-1-3-7-13/h1-9,14H,10-12H2/t14-/m0/s1. The summed E-state index contributed by atoms with van der Waals surface area (Å²) < 4.78 is 0. The van der Waals surface area contributed by atoms with Crippen molar-refractivity contribution in [2.75, 3.05) is 13.1 Å². The number of halogens is 1. The van der Waals surface area contributed by atoms with E-state index in [1.54, 1.807) is 12.1 Å². The van der Waals surface area contributed by atoms with Gasteiger partial charge in [-0.15, -0.1) is 0 Å². The molecule has 0 bridgehead atoms. The highest BCUT2D eigenvalue weighted by molar-refractivity contribution is 6.33. The molecule has 0 aromatic heterocycles. The first kappa shape index (κ1) is 13.2. The Labute approximate surface area is 124 Å². The van der Waals surface area contributed by atoms with Crippen LogP contribution >= 0.6 is 11.6 Å². The second-order valence-corrected chi connectivity index (χ2v) is 5.53. The van der Waals surface area contributed by atoms with Gasteiger partial charge in [0.05, 0.1) is 10.6 Å². The van der Waals surface area contributed by atoms with Crippen LogP contribution in [0.3, 0.4) is 0 Å². The van der Waals surface area contributed by atoms with Crippen molar-refractivity contribution in [1.29, 1.82) is 0 Å². The van der Waals surface area contributed by atoms with Crippen molar-refractivity contribution in [2.45, 2.75) is 12.3 Å². The number of carbonyl (C=O) groups excluding carboxylic acids is 1. The van der Waals surface area contributed by atoms with Gasteiger partial charge in [0, 0.05) is 19.0 Å². The highest BCUT2D eigenvalue weighted by atomic mass is 35.5.